The lowest BCUT2D eigenvalue weighted by Gasteiger charge is -2.54. The van der Waals surface area contributed by atoms with E-state index in [0.29, 0.717) is 0 Å². The number of carbonyl (C=O) groups is 4. The molecule has 176 valence electrons. The fourth-order valence-corrected chi connectivity index (χ4v) is 5.99. The van der Waals surface area contributed by atoms with Gasteiger partial charge in [0.25, 0.3) is 5.69 Å². The van der Waals surface area contributed by atoms with Gasteiger partial charge in [-0.15, -0.1) is 0 Å². The van der Waals surface area contributed by atoms with E-state index in [1.165, 1.54) is 12.1 Å². The summed E-state index contributed by atoms with van der Waals surface area (Å²) in [6.07, 6.45) is 0.514. The highest BCUT2D eigenvalue weighted by Crippen LogP contribution is 2.54. The predicted molar refractivity (Wildman–Crippen MR) is 121 cm³/mol. The van der Waals surface area contributed by atoms with Gasteiger partial charge in [-0.3, -0.25) is 29.3 Å². The monoisotopic (exact) mass is 454 g/mol. The molecule has 2 saturated carbocycles. The van der Waals surface area contributed by atoms with Crippen LogP contribution in [0.1, 0.15) is 59.8 Å². The van der Waals surface area contributed by atoms with Crippen LogP contribution in [0.25, 0.3) is 0 Å². The average molecular weight is 455 g/mol. The van der Waals surface area contributed by atoms with Gasteiger partial charge >= 0.3 is 0 Å². The zero-order valence-electron chi connectivity index (χ0n) is 19.6. The fourth-order valence-electron chi connectivity index (χ4n) is 5.99. The van der Waals surface area contributed by atoms with Crippen LogP contribution in [-0.2, 0) is 19.2 Å². The normalized spacial score (nSPS) is 25.5. The second-order valence-electron chi connectivity index (χ2n) is 11.7. The van der Waals surface area contributed by atoms with Crippen molar-refractivity contribution >= 4 is 34.5 Å². The van der Waals surface area contributed by atoms with Crippen LogP contribution in [0, 0.1) is 31.8 Å². The largest absolute Gasteiger partial charge is 0.363 e. The summed E-state index contributed by atoms with van der Waals surface area (Å²) >= 11 is 0. The third-order valence-electron chi connectivity index (χ3n) is 7.64. The zero-order valence-corrected chi connectivity index (χ0v) is 19.6. The molecule has 1 aromatic rings. The Morgan fingerprint density at radius 3 is 1.55 bits per heavy atom. The summed E-state index contributed by atoms with van der Waals surface area (Å²) in [7, 11) is 0. The van der Waals surface area contributed by atoms with Crippen molar-refractivity contribution in [3.63, 3.8) is 0 Å². The van der Waals surface area contributed by atoms with E-state index in [-0.39, 0.29) is 79.7 Å². The lowest BCUT2D eigenvalue weighted by molar-refractivity contribution is -0.384. The van der Waals surface area contributed by atoms with Gasteiger partial charge in [0.15, 0.2) is 0 Å². The number of nitro groups is 1. The number of hydrogen-bond donors (Lipinski definition) is 0. The number of Topliss-reactive ketones (excluding diaryl/α,β-unsaturated/α-hetero) is 4. The minimum absolute atomic E-state index is 0.0582. The van der Waals surface area contributed by atoms with Crippen LogP contribution in [-0.4, -0.2) is 41.1 Å². The fraction of sp³-hybridized carbons (Fsp3) is 0.600. The maximum absolute atomic E-state index is 13.6. The number of benzene rings is 1. The minimum Gasteiger partial charge on any atom is -0.363 e. The number of nitrogens with zero attached hydrogens (tertiary/aromatic N) is 2. The summed E-state index contributed by atoms with van der Waals surface area (Å²) in [5, 5.41) is 11.7. The number of piperidine rings is 1. The number of para-hydroxylation sites is 2. The first-order valence-electron chi connectivity index (χ1n) is 11.3. The van der Waals surface area contributed by atoms with E-state index in [4.69, 9.17) is 0 Å². The number of nitro benzene ring substituents is 1. The van der Waals surface area contributed by atoms with Crippen molar-refractivity contribution in [3.05, 3.63) is 34.4 Å². The second kappa shape index (κ2) is 7.30. The summed E-state index contributed by atoms with van der Waals surface area (Å²) in [6, 6.07) is 6.08. The molecule has 4 rings (SSSR count). The molecule has 0 radical (unpaired) electrons. The zero-order chi connectivity index (χ0) is 24.4. The SMILES string of the molecule is CC1(C)CC(=O)C2(CN(c3ccccc3[N+](=O)[O-])CC3(C2)C(=O)CC(C)(C)CC3=O)C(=O)C1. The average Bonchev–Trinajstić information content (AvgIpc) is 2.69. The Labute approximate surface area is 192 Å². The van der Waals surface area contributed by atoms with Gasteiger partial charge in [-0.1, -0.05) is 39.8 Å². The molecule has 0 aromatic heterocycles. The molecule has 2 aliphatic carbocycles. The Morgan fingerprint density at radius 1 is 0.758 bits per heavy atom. The van der Waals surface area contributed by atoms with Crippen LogP contribution in [0.3, 0.4) is 0 Å². The van der Waals surface area contributed by atoms with Crippen molar-refractivity contribution in [2.75, 3.05) is 18.0 Å². The molecule has 3 aliphatic rings. The molecule has 1 aromatic carbocycles. The molecule has 8 heteroatoms. The van der Waals surface area contributed by atoms with Gasteiger partial charge in [-0.25, -0.2) is 0 Å². The van der Waals surface area contributed by atoms with Crippen molar-refractivity contribution in [2.45, 2.75) is 59.8 Å². The summed E-state index contributed by atoms with van der Waals surface area (Å²) in [5.74, 6) is -1.12. The van der Waals surface area contributed by atoms with Gasteiger partial charge in [-0.05, 0) is 23.3 Å². The van der Waals surface area contributed by atoms with E-state index in [0.717, 1.165) is 0 Å². The van der Waals surface area contributed by atoms with Crippen molar-refractivity contribution in [3.8, 4) is 0 Å². The standard InChI is InChI=1S/C25H30N2O6/c1-22(2)9-18(28)24(19(29)10-22)13-25(20(30)11-23(3,4)12-21(25)31)15-26(14-24)16-7-5-6-8-17(16)27(32)33/h5-8H,9-15H2,1-4H3. The lowest BCUT2D eigenvalue weighted by atomic mass is 9.51. The molecule has 33 heavy (non-hydrogen) atoms. The van der Waals surface area contributed by atoms with Crippen LogP contribution < -0.4 is 4.90 Å². The van der Waals surface area contributed by atoms with E-state index in [2.05, 4.69) is 0 Å². The van der Waals surface area contributed by atoms with E-state index < -0.39 is 26.6 Å². The van der Waals surface area contributed by atoms with Gasteiger partial charge in [0.05, 0.1) is 4.92 Å². The molecule has 3 fully saturated rings. The van der Waals surface area contributed by atoms with E-state index in [1.807, 2.05) is 27.7 Å². The van der Waals surface area contributed by atoms with Gasteiger partial charge in [0.2, 0.25) is 0 Å². The second-order valence-corrected chi connectivity index (χ2v) is 11.7. The molecule has 1 aliphatic heterocycles. The highest BCUT2D eigenvalue weighted by Gasteiger charge is 2.64. The Balaban J connectivity index is 1.88. The molecule has 1 heterocycles. The number of ketones is 4. The molecule has 0 unspecified atom stereocenters. The number of hydrogen-bond acceptors (Lipinski definition) is 7. The minimum atomic E-state index is -1.52. The van der Waals surface area contributed by atoms with Gasteiger partial charge in [0, 0.05) is 44.8 Å². The molecule has 0 atom stereocenters. The summed E-state index contributed by atoms with van der Waals surface area (Å²) in [4.78, 5) is 67.0. The molecule has 1 saturated heterocycles. The van der Waals surface area contributed by atoms with Crippen LogP contribution in [0.5, 0.6) is 0 Å². The molecule has 0 N–H and O–H groups in total. The quantitative estimate of drug-likeness (QED) is 0.380. The van der Waals surface area contributed by atoms with E-state index in [9.17, 15) is 29.3 Å². The molecular weight excluding hydrogens is 424 g/mol. The van der Waals surface area contributed by atoms with Gasteiger partial charge < -0.3 is 4.90 Å². The van der Waals surface area contributed by atoms with Gasteiger partial charge in [-0.2, -0.15) is 0 Å². The highest BCUT2D eigenvalue weighted by molar-refractivity contribution is 6.15. The number of carbonyl (C=O) groups excluding carboxylic acids is 4. The maximum Gasteiger partial charge on any atom is 0.292 e. The van der Waals surface area contributed by atoms with E-state index in [1.54, 1.807) is 17.0 Å². The first kappa shape index (κ1) is 23.3. The van der Waals surface area contributed by atoms with Crippen LogP contribution in [0.2, 0.25) is 0 Å². The first-order valence-corrected chi connectivity index (χ1v) is 11.3. The third-order valence-corrected chi connectivity index (χ3v) is 7.64. The van der Waals surface area contributed by atoms with Crippen molar-refractivity contribution in [1.82, 2.24) is 0 Å². The predicted octanol–water partition coefficient (Wildman–Crippen LogP) is 3.69. The maximum atomic E-state index is 13.6. The molecular formula is C25H30N2O6. The summed E-state index contributed by atoms with van der Waals surface area (Å²) < 4.78 is 0. The highest BCUT2D eigenvalue weighted by atomic mass is 16.6. The Hall–Kier alpha value is -2.90. The first-order chi connectivity index (χ1) is 15.2. The Kier molecular flexibility index (Phi) is 5.15. The molecule has 0 bridgehead atoms. The molecule has 2 spiro atoms. The van der Waals surface area contributed by atoms with Crippen molar-refractivity contribution in [2.24, 2.45) is 21.7 Å². The topological polar surface area (TPSA) is 115 Å². The number of rotatable bonds is 2. The number of anilines is 1. The van der Waals surface area contributed by atoms with Crippen LogP contribution in [0.4, 0.5) is 11.4 Å². The smallest absolute Gasteiger partial charge is 0.292 e. The van der Waals surface area contributed by atoms with E-state index >= 15 is 0 Å². The van der Waals surface area contributed by atoms with Crippen molar-refractivity contribution < 1.29 is 24.1 Å². The Bertz CT molecular complexity index is 990. The van der Waals surface area contributed by atoms with Gasteiger partial charge in [0.1, 0.15) is 39.7 Å². The van der Waals surface area contributed by atoms with Crippen LogP contribution in [0.15, 0.2) is 24.3 Å². The molecule has 8 nitrogen and oxygen atoms in total. The lowest BCUT2D eigenvalue weighted by Crippen LogP contribution is -2.67. The molecule has 0 amide bonds. The third kappa shape index (κ3) is 3.69. The van der Waals surface area contributed by atoms with Crippen LogP contribution >= 0.6 is 0 Å². The Morgan fingerprint density at radius 2 is 1.15 bits per heavy atom. The van der Waals surface area contributed by atoms with Crippen molar-refractivity contribution in [1.29, 1.82) is 0 Å². The summed E-state index contributed by atoms with van der Waals surface area (Å²) in [6.45, 7) is 7.30. The summed E-state index contributed by atoms with van der Waals surface area (Å²) in [5.41, 5.74) is -4.02.